The first-order chi connectivity index (χ1) is 15.8. The van der Waals surface area contributed by atoms with Crippen LogP contribution in [0.15, 0.2) is 0 Å². The number of carbonyl (C=O) groups excluding carboxylic acids is 2. The summed E-state index contributed by atoms with van der Waals surface area (Å²) in [5.74, 6) is -0.680. The first kappa shape index (κ1) is 38.4. The molecule has 0 radical (unpaired) electrons. The summed E-state index contributed by atoms with van der Waals surface area (Å²) >= 11 is 0. The molecule has 0 fully saturated rings. The first-order valence-corrected chi connectivity index (χ1v) is 14.6. The zero-order chi connectivity index (χ0) is 25.2. The van der Waals surface area contributed by atoms with E-state index in [1.165, 1.54) is 51.4 Å². The molecule has 0 saturated carbocycles. The minimum Gasteiger partial charge on any atom is -1.00 e. The van der Waals surface area contributed by atoms with Crippen LogP contribution in [0.2, 0.25) is 0 Å². The summed E-state index contributed by atoms with van der Waals surface area (Å²) in [5, 5.41) is 0. The second kappa shape index (κ2) is 29.1. The maximum atomic E-state index is 11.5. The van der Waals surface area contributed by atoms with E-state index in [-0.39, 0.29) is 61.5 Å². The van der Waals surface area contributed by atoms with Gasteiger partial charge in [0.25, 0.3) is 10.1 Å². The zero-order valence-electron chi connectivity index (χ0n) is 23.4. The van der Waals surface area contributed by atoms with Crippen molar-refractivity contribution in [3.05, 3.63) is 0 Å². The molecule has 0 aromatic heterocycles. The van der Waals surface area contributed by atoms with Gasteiger partial charge < -0.3 is 10.9 Å². The smallest absolute Gasteiger partial charge is 1.00 e. The van der Waals surface area contributed by atoms with Crippen LogP contribution in [0.25, 0.3) is 0 Å². The fraction of sp³-hybridized carbons (Fsp3) is 0.920. The van der Waals surface area contributed by atoms with Gasteiger partial charge >= 0.3 is 41.5 Å². The van der Waals surface area contributed by atoms with Gasteiger partial charge in [-0.2, -0.15) is 8.42 Å². The maximum Gasteiger partial charge on any atom is 1.00 e. The molecule has 9 heteroatoms. The summed E-state index contributed by atoms with van der Waals surface area (Å²) < 4.78 is 38.6. The van der Waals surface area contributed by atoms with Crippen molar-refractivity contribution in [1.82, 2.24) is 0 Å². The molecule has 0 heterocycles. The van der Waals surface area contributed by atoms with Gasteiger partial charge in [-0.25, -0.2) is 0 Å². The Balaban J connectivity index is -0.000000372. The van der Waals surface area contributed by atoms with E-state index in [4.69, 9.17) is 14.0 Å². The van der Waals surface area contributed by atoms with Crippen molar-refractivity contribution in [1.29, 1.82) is 0 Å². The molecule has 0 aliphatic rings. The second-order valence-corrected chi connectivity index (χ2v) is 10.0. The molecular formula is C25H51NaO7S. The maximum absolute atomic E-state index is 11.5. The van der Waals surface area contributed by atoms with Crippen molar-refractivity contribution >= 4 is 22.1 Å². The largest absolute Gasteiger partial charge is 1.00 e. The first-order valence-electron chi connectivity index (χ1n) is 13.0. The summed E-state index contributed by atoms with van der Waals surface area (Å²) in [6.45, 7) is 7.31. The average molecular weight is 519 g/mol. The van der Waals surface area contributed by atoms with Crippen molar-refractivity contribution in [2.75, 3.05) is 19.0 Å². The van der Waals surface area contributed by atoms with Crippen molar-refractivity contribution in [2.24, 2.45) is 0 Å². The quantitative estimate of drug-likeness (QED) is 0.107. The van der Waals surface area contributed by atoms with Crippen LogP contribution >= 0.6 is 0 Å². The minimum absolute atomic E-state index is 0. The molecule has 0 bridgehead atoms. The van der Waals surface area contributed by atoms with Gasteiger partial charge in [0, 0.05) is 0 Å². The Morgan fingerprint density at radius 3 is 1.29 bits per heavy atom. The predicted molar refractivity (Wildman–Crippen MR) is 135 cm³/mol. The SMILES string of the molecule is CCCCCCCCOC(=O)CCC(=O)OCCCCCCCC.CCCCCS(=O)(=O)O.[H-].[Na+]. The van der Waals surface area contributed by atoms with E-state index >= 15 is 0 Å². The fourth-order valence-corrected chi connectivity index (χ4v) is 3.59. The van der Waals surface area contributed by atoms with Crippen LogP contribution in [0.3, 0.4) is 0 Å². The van der Waals surface area contributed by atoms with Gasteiger partial charge in [0.05, 0.1) is 31.8 Å². The van der Waals surface area contributed by atoms with Crippen LogP contribution in [-0.2, 0) is 29.2 Å². The fourth-order valence-electron chi connectivity index (χ4n) is 3.02. The Morgan fingerprint density at radius 1 is 0.618 bits per heavy atom. The minimum atomic E-state index is -3.70. The van der Waals surface area contributed by atoms with Gasteiger partial charge in [-0.15, -0.1) is 0 Å². The number of hydrogen-bond donors (Lipinski definition) is 1. The van der Waals surface area contributed by atoms with Gasteiger partial charge in [-0.05, 0) is 19.3 Å². The number of rotatable bonds is 21. The van der Waals surface area contributed by atoms with Crippen molar-refractivity contribution in [3.8, 4) is 0 Å². The number of ether oxygens (including phenoxy) is 2. The Kier molecular flexibility index (Phi) is 32.8. The number of hydrogen-bond acceptors (Lipinski definition) is 6. The molecule has 0 atom stereocenters. The predicted octanol–water partition coefficient (Wildman–Crippen LogP) is 3.75. The molecule has 0 rings (SSSR count). The number of esters is 2. The van der Waals surface area contributed by atoms with Gasteiger partial charge in [-0.3, -0.25) is 14.1 Å². The van der Waals surface area contributed by atoms with Crippen molar-refractivity contribution < 1.29 is 63.0 Å². The van der Waals surface area contributed by atoms with Crippen LogP contribution in [0.5, 0.6) is 0 Å². The van der Waals surface area contributed by atoms with E-state index < -0.39 is 10.1 Å². The zero-order valence-corrected chi connectivity index (χ0v) is 25.3. The molecule has 0 spiro atoms. The van der Waals surface area contributed by atoms with E-state index in [0.29, 0.717) is 19.6 Å². The average Bonchev–Trinajstić information content (AvgIpc) is 2.76. The van der Waals surface area contributed by atoms with Crippen LogP contribution in [-0.4, -0.2) is 43.9 Å². The summed E-state index contributed by atoms with van der Waals surface area (Å²) in [7, 11) is -3.70. The van der Waals surface area contributed by atoms with E-state index in [0.717, 1.165) is 38.5 Å². The topological polar surface area (TPSA) is 107 Å². The second-order valence-electron chi connectivity index (χ2n) is 8.47. The van der Waals surface area contributed by atoms with Crippen LogP contribution in [0.1, 0.15) is 131 Å². The summed E-state index contributed by atoms with van der Waals surface area (Å²) in [6, 6.07) is 0. The Hall–Kier alpha value is -0.150. The van der Waals surface area contributed by atoms with Gasteiger partial charge in [0.1, 0.15) is 0 Å². The van der Waals surface area contributed by atoms with Crippen LogP contribution in [0.4, 0.5) is 0 Å². The standard InChI is InChI=1S/C20H38O4.C5H12O3S.Na.H/c1-3-5-7-9-11-13-17-23-19(21)15-16-20(22)24-18-14-12-10-8-6-4-2;1-2-3-4-5-9(6,7)8;;/h3-18H2,1-2H3;2-5H2,1H3,(H,6,7,8);;/q;;+1;-1. The molecule has 7 nitrogen and oxygen atoms in total. The van der Waals surface area contributed by atoms with Crippen LogP contribution < -0.4 is 29.6 Å². The molecule has 0 aromatic rings. The molecule has 34 heavy (non-hydrogen) atoms. The molecule has 0 aliphatic heterocycles. The summed E-state index contributed by atoms with van der Waals surface area (Å²) in [4.78, 5) is 23.1. The molecule has 0 aromatic carbocycles. The third-order valence-corrected chi connectivity index (χ3v) is 5.87. The van der Waals surface area contributed by atoms with Crippen molar-refractivity contribution in [3.63, 3.8) is 0 Å². The molecule has 0 aliphatic carbocycles. The summed E-state index contributed by atoms with van der Waals surface area (Å²) in [5.41, 5.74) is 0. The van der Waals surface area contributed by atoms with Gasteiger partial charge in [-0.1, -0.05) is 97.8 Å². The van der Waals surface area contributed by atoms with Gasteiger partial charge in [0.15, 0.2) is 0 Å². The van der Waals surface area contributed by atoms with E-state index in [9.17, 15) is 18.0 Å². The van der Waals surface area contributed by atoms with Crippen LogP contribution in [0, 0.1) is 0 Å². The third kappa shape index (κ3) is 36.4. The monoisotopic (exact) mass is 518 g/mol. The van der Waals surface area contributed by atoms with E-state index in [1.54, 1.807) is 0 Å². The molecule has 0 unspecified atom stereocenters. The molecular weight excluding hydrogens is 467 g/mol. The Morgan fingerprint density at radius 2 is 0.941 bits per heavy atom. The summed E-state index contributed by atoms with van der Waals surface area (Å²) in [6.07, 6.45) is 16.7. The van der Waals surface area contributed by atoms with E-state index in [1.807, 2.05) is 6.92 Å². The molecule has 200 valence electrons. The molecule has 0 saturated heterocycles. The number of carbonyl (C=O) groups is 2. The third-order valence-electron chi connectivity index (χ3n) is 5.06. The number of unbranched alkanes of at least 4 members (excludes halogenated alkanes) is 12. The molecule has 0 amide bonds. The normalized spacial score (nSPS) is 10.6. The Labute approximate surface area is 233 Å². The molecule has 1 N–H and O–H groups in total. The Bertz CT molecular complexity index is 530. The van der Waals surface area contributed by atoms with E-state index in [2.05, 4.69) is 13.8 Å². The van der Waals surface area contributed by atoms with Gasteiger partial charge in [0.2, 0.25) is 0 Å². The van der Waals surface area contributed by atoms with Crippen molar-refractivity contribution in [2.45, 2.75) is 130 Å².